The van der Waals surface area contributed by atoms with Gasteiger partial charge in [0.15, 0.2) is 0 Å². The lowest BCUT2D eigenvalue weighted by Gasteiger charge is -2.23. The fourth-order valence-electron chi connectivity index (χ4n) is 2.31. The molecule has 0 saturated heterocycles. The van der Waals surface area contributed by atoms with Gasteiger partial charge in [-0.1, -0.05) is 12.1 Å². The second-order valence-corrected chi connectivity index (χ2v) is 9.63. The fraction of sp³-hybridized carbons (Fsp3) is 0.389. The minimum Gasteiger partial charge on any atom is -0.260 e. The largest absolute Gasteiger partial charge is 0.260 e. The first kappa shape index (κ1) is 18.3. The Bertz CT molecular complexity index is 699. The summed E-state index contributed by atoms with van der Waals surface area (Å²) in [6, 6.07) is 10.4. The van der Waals surface area contributed by atoms with E-state index in [-0.39, 0.29) is 16.5 Å². The predicted molar refractivity (Wildman–Crippen MR) is 97.5 cm³/mol. The Hall–Kier alpha value is -1.07. The first-order chi connectivity index (χ1) is 10.8. The molecule has 0 amide bonds. The highest BCUT2D eigenvalue weighted by atomic mass is 79.9. The first-order valence-electron chi connectivity index (χ1n) is 7.50. The van der Waals surface area contributed by atoms with Gasteiger partial charge in [-0.3, -0.25) is 9.19 Å². The lowest BCUT2D eigenvalue weighted by Crippen LogP contribution is -2.28. The minimum atomic E-state index is -1.01. The standard InChI is InChI=1S/C18H21BrFNOS/c1-18(2,3)23(22)12-14(17-16(19)8-5-9-21-17)10-13-6-4-7-15(20)11-13/h4-9,11,14H,10,12H2,1-3H3/t14-,23-/m1/s1. The average molecular weight is 398 g/mol. The second kappa shape index (κ2) is 7.67. The monoisotopic (exact) mass is 397 g/mol. The summed E-state index contributed by atoms with van der Waals surface area (Å²) in [5.74, 6) is 0.209. The Balaban J connectivity index is 2.32. The van der Waals surface area contributed by atoms with E-state index in [1.54, 1.807) is 12.3 Å². The van der Waals surface area contributed by atoms with Crippen LogP contribution in [0.15, 0.2) is 47.1 Å². The topological polar surface area (TPSA) is 30.0 Å². The molecule has 2 atom stereocenters. The molecule has 0 fully saturated rings. The van der Waals surface area contributed by atoms with Gasteiger partial charge in [0.05, 0.1) is 5.69 Å². The van der Waals surface area contributed by atoms with Crippen molar-refractivity contribution >= 4 is 26.7 Å². The molecule has 0 saturated carbocycles. The van der Waals surface area contributed by atoms with Crippen molar-refractivity contribution in [3.05, 3.63) is 64.1 Å². The van der Waals surface area contributed by atoms with Gasteiger partial charge in [0, 0.05) is 37.9 Å². The van der Waals surface area contributed by atoms with Crippen molar-refractivity contribution in [2.24, 2.45) is 0 Å². The molecule has 1 aromatic carbocycles. The molecule has 0 radical (unpaired) electrons. The van der Waals surface area contributed by atoms with Crippen LogP contribution in [0.3, 0.4) is 0 Å². The molecule has 2 aromatic rings. The van der Waals surface area contributed by atoms with Crippen molar-refractivity contribution in [1.29, 1.82) is 0 Å². The van der Waals surface area contributed by atoms with E-state index in [2.05, 4.69) is 20.9 Å². The van der Waals surface area contributed by atoms with Crippen molar-refractivity contribution in [1.82, 2.24) is 4.98 Å². The van der Waals surface area contributed by atoms with Crippen LogP contribution in [0.25, 0.3) is 0 Å². The van der Waals surface area contributed by atoms with Crippen LogP contribution in [-0.4, -0.2) is 19.7 Å². The molecule has 1 heterocycles. The summed E-state index contributed by atoms with van der Waals surface area (Å²) in [5, 5.41) is 0. The molecule has 0 spiro atoms. The van der Waals surface area contributed by atoms with Crippen LogP contribution in [-0.2, 0) is 17.2 Å². The van der Waals surface area contributed by atoms with Crippen LogP contribution < -0.4 is 0 Å². The van der Waals surface area contributed by atoms with Crippen molar-refractivity contribution in [2.45, 2.75) is 37.9 Å². The Kier molecular flexibility index (Phi) is 6.09. The summed E-state index contributed by atoms with van der Waals surface area (Å²) in [7, 11) is -1.01. The van der Waals surface area contributed by atoms with E-state index in [4.69, 9.17) is 0 Å². The van der Waals surface area contributed by atoms with E-state index in [0.717, 1.165) is 15.7 Å². The zero-order chi connectivity index (χ0) is 17.0. The lowest BCUT2D eigenvalue weighted by molar-refractivity contribution is 0.619. The molecule has 0 N–H and O–H groups in total. The van der Waals surface area contributed by atoms with Crippen molar-refractivity contribution in [3.63, 3.8) is 0 Å². The van der Waals surface area contributed by atoms with E-state index in [0.29, 0.717) is 12.2 Å². The van der Waals surface area contributed by atoms with Crippen molar-refractivity contribution in [2.75, 3.05) is 5.75 Å². The zero-order valence-electron chi connectivity index (χ0n) is 13.6. The van der Waals surface area contributed by atoms with Crippen LogP contribution in [0.2, 0.25) is 0 Å². The summed E-state index contributed by atoms with van der Waals surface area (Å²) in [4.78, 5) is 4.46. The predicted octanol–water partition coefficient (Wildman–Crippen LogP) is 4.86. The van der Waals surface area contributed by atoms with Gasteiger partial charge in [0.25, 0.3) is 0 Å². The van der Waals surface area contributed by atoms with Crippen LogP contribution in [0, 0.1) is 5.82 Å². The number of aromatic nitrogens is 1. The van der Waals surface area contributed by atoms with Gasteiger partial charge in [0.2, 0.25) is 0 Å². The van der Waals surface area contributed by atoms with Gasteiger partial charge >= 0.3 is 0 Å². The highest BCUT2D eigenvalue weighted by Gasteiger charge is 2.26. The molecule has 0 aliphatic carbocycles. The van der Waals surface area contributed by atoms with E-state index >= 15 is 0 Å². The number of pyridine rings is 1. The smallest absolute Gasteiger partial charge is 0.123 e. The third-order valence-electron chi connectivity index (χ3n) is 3.58. The van der Waals surface area contributed by atoms with Gasteiger partial charge in [-0.25, -0.2) is 4.39 Å². The number of halogens is 2. The molecular weight excluding hydrogens is 377 g/mol. The van der Waals surface area contributed by atoms with Crippen LogP contribution in [0.5, 0.6) is 0 Å². The van der Waals surface area contributed by atoms with Gasteiger partial charge < -0.3 is 0 Å². The molecule has 0 aliphatic heterocycles. The normalized spacial score (nSPS) is 14.5. The fourth-order valence-corrected chi connectivity index (χ4v) is 4.03. The highest BCUT2D eigenvalue weighted by Crippen LogP contribution is 2.29. The van der Waals surface area contributed by atoms with Gasteiger partial charge in [-0.2, -0.15) is 0 Å². The molecule has 2 rings (SSSR count). The van der Waals surface area contributed by atoms with E-state index in [1.807, 2.05) is 39.0 Å². The highest BCUT2D eigenvalue weighted by molar-refractivity contribution is 9.10. The first-order valence-corrected chi connectivity index (χ1v) is 9.62. The van der Waals surface area contributed by atoms with Crippen LogP contribution in [0.4, 0.5) is 4.39 Å². The average Bonchev–Trinajstić information content (AvgIpc) is 2.46. The molecule has 0 unspecified atom stereocenters. The lowest BCUT2D eigenvalue weighted by atomic mass is 9.97. The van der Waals surface area contributed by atoms with Crippen LogP contribution in [0.1, 0.15) is 37.9 Å². The molecule has 0 aliphatic rings. The third kappa shape index (κ3) is 5.21. The van der Waals surface area contributed by atoms with Crippen molar-refractivity contribution < 1.29 is 8.60 Å². The molecule has 23 heavy (non-hydrogen) atoms. The summed E-state index contributed by atoms with van der Waals surface area (Å²) in [6.45, 7) is 5.90. The number of benzene rings is 1. The maximum Gasteiger partial charge on any atom is 0.123 e. The minimum absolute atomic E-state index is 0.0348. The molecule has 5 heteroatoms. The number of hydrogen-bond donors (Lipinski definition) is 0. The van der Waals surface area contributed by atoms with Gasteiger partial charge in [-0.15, -0.1) is 0 Å². The maximum absolute atomic E-state index is 13.5. The number of rotatable bonds is 5. The Morgan fingerprint density at radius 1 is 1.26 bits per heavy atom. The molecule has 1 aromatic heterocycles. The molecule has 124 valence electrons. The van der Waals surface area contributed by atoms with Gasteiger partial charge in [-0.05, 0) is 73.0 Å². The SMILES string of the molecule is CC(C)(C)[S@](=O)C[C@@H](Cc1cccc(F)c1)c1ncccc1Br. The number of hydrogen-bond acceptors (Lipinski definition) is 2. The molecule has 2 nitrogen and oxygen atoms in total. The van der Waals surface area contributed by atoms with E-state index in [1.165, 1.54) is 12.1 Å². The van der Waals surface area contributed by atoms with E-state index < -0.39 is 10.8 Å². The summed E-state index contributed by atoms with van der Waals surface area (Å²) in [5.41, 5.74) is 1.76. The Labute approximate surface area is 148 Å². The van der Waals surface area contributed by atoms with Gasteiger partial charge in [0.1, 0.15) is 5.82 Å². The number of nitrogens with zero attached hydrogens (tertiary/aromatic N) is 1. The zero-order valence-corrected chi connectivity index (χ0v) is 16.0. The molecular formula is C18H21BrFNOS. The van der Waals surface area contributed by atoms with E-state index in [9.17, 15) is 8.60 Å². The van der Waals surface area contributed by atoms with Crippen LogP contribution >= 0.6 is 15.9 Å². The summed E-state index contributed by atoms with van der Waals surface area (Å²) in [6.07, 6.45) is 2.34. The second-order valence-electron chi connectivity index (χ2n) is 6.53. The maximum atomic E-state index is 13.5. The quantitative estimate of drug-likeness (QED) is 0.720. The summed E-state index contributed by atoms with van der Waals surface area (Å²) >= 11 is 3.53. The molecule has 0 bridgehead atoms. The summed E-state index contributed by atoms with van der Waals surface area (Å²) < 4.78 is 26.7. The Morgan fingerprint density at radius 3 is 2.61 bits per heavy atom. The van der Waals surface area contributed by atoms with Crippen molar-refractivity contribution in [3.8, 4) is 0 Å². The third-order valence-corrected chi connectivity index (χ3v) is 6.32. The Morgan fingerprint density at radius 2 is 2.00 bits per heavy atom.